The molecule has 5 rings (SSSR count). The maximum absolute atomic E-state index is 2.32. The first-order valence-electron chi connectivity index (χ1n) is 6.13. The molecule has 2 aromatic rings. The van der Waals surface area contributed by atoms with Crippen molar-refractivity contribution in [3.05, 3.63) is 70.8 Å². The molecule has 0 atom stereocenters. The topological polar surface area (TPSA) is 0 Å². The number of halogens is 1. The number of fused-ring (bicyclic) bond motifs is 1. The predicted molar refractivity (Wildman–Crippen MR) is 73.1 cm³/mol. The molecule has 2 aromatic carbocycles. The zero-order valence-corrected chi connectivity index (χ0v) is 10.4. The Bertz CT molecular complexity index is 461. The fourth-order valence-corrected chi connectivity index (χ4v) is 3.58. The van der Waals surface area contributed by atoms with E-state index in [2.05, 4.69) is 48.5 Å². The van der Waals surface area contributed by atoms with E-state index in [9.17, 15) is 0 Å². The van der Waals surface area contributed by atoms with Crippen molar-refractivity contribution >= 4 is 12.4 Å². The largest absolute Gasteiger partial charge is 0.147 e. The predicted octanol–water partition coefficient (Wildman–Crippen LogP) is 4.48. The molecular formula is C16H15Cl. The zero-order valence-electron chi connectivity index (χ0n) is 9.60. The smallest absolute Gasteiger partial charge is 0.00955 e. The molecule has 0 radical (unpaired) electrons. The fraction of sp³-hybridized carbons (Fsp3) is 0.250. The van der Waals surface area contributed by atoms with E-state index in [4.69, 9.17) is 0 Å². The van der Waals surface area contributed by atoms with E-state index in [0.717, 1.165) is 0 Å². The minimum Gasteiger partial charge on any atom is -0.147 e. The highest BCUT2D eigenvalue weighted by Crippen LogP contribution is 2.52. The Kier molecular flexibility index (Phi) is 2.48. The normalized spacial score (nSPS) is 23.5. The average Bonchev–Trinajstić information content (AvgIpc) is 2.40. The summed E-state index contributed by atoms with van der Waals surface area (Å²) in [7, 11) is 0. The molecule has 0 N–H and O–H groups in total. The molecule has 0 aromatic heterocycles. The van der Waals surface area contributed by atoms with Crippen LogP contribution in [0.15, 0.2) is 48.5 Å². The standard InChI is InChI=1S/C16H14.ClH/c1-2-6-12-11(5-1)15-9-10-16(12)14-8-4-3-7-13(14)15;/h1-8,15-16H,9-10H2;1H. The number of hydrogen-bond acceptors (Lipinski definition) is 0. The average molecular weight is 243 g/mol. The van der Waals surface area contributed by atoms with Crippen molar-refractivity contribution in [1.29, 1.82) is 0 Å². The van der Waals surface area contributed by atoms with Gasteiger partial charge in [-0.15, -0.1) is 12.4 Å². The molecule has 3 aliphatic carbocycles. The van der Waals surface area contributed by atoms with Gasteiger partial charge in [0.2, 0.25) is 0 Å². The fourth-order valence-electron chi connectivity index (χ4n) is 3.58. The van der Waals surface area contributed by atoms with Crippen LogP contribution in [0.25, 0.3) is 0 Å². The Morgan fingerprint density at radius 1 is 0.588 bits per heavy atom. The third-order valence-electron chi connectivity index (χ3n) is 4.24. The third kappa shape index (κ3) is 1.37. The van der Waals surface area contributed by atoms with Crippen LogP contribution in [0.3, 0.4) is 0 Å². The summed E-state index contributed by atoms with van der Waals surface area (Å²) in [5, 5.41) is 0. The van der Waals surface area contributed by atoms with Crippen molar-refractivity contribution < 1.29 is 0 Å². The van der Waals surface area contributed by atoms with Crippen LogP contribution in [0, 0.1) is 0 Å². The number of hydrogen-bond donors (Lipinski definition) is 0. The molecule has 0 amide bonds. The molecule has 3 aliphatic rings. The highest BCUT2D eigenvalue weighted by atomic mass is 35.5. The number of benzene rings is 2. The van der Waals surface area contributed by atoms with Crippen LogP contribution in [-0.4, -0.2) is 0 Å². The van der Waals surface area contributed by atoms with Gasteiger partial charge in [-0.05, 0) is 35.1 Å². The van der Waals surface area contributed by atoms with E-state index < -0.39 is 0 Å². The van der Waals surface area contributed by atoms with Crippen molar-refractivity contribution in [2.75, 3.05) is 0 Å². The summed E-state index contributed by atoms with van der Waals surface area (Å²) in [5.41, 5.74) is 6.32. The Balaban J connectivity index is 0.000000902. The molecule has 0 saturated carbocycles. The van der Waals surface area contributed by atoms with Crippen molar-refractivity contribution in [3.8, 4) is 0 Å². The molecule has 0 heterocycles. The second-order valence-corrected chi connectivity index (χ2v) is 4.94. The summed E-state index contributed by atoms with van der Waals surface area (Å²) < 4.78 is 0. The quantitative estimate of drug-likeness (QED) is 0.639. The van der Waals surface area contributed by atoms with Crippen LogP contribution < -0.4 is 0 Å². The number of rotatable bonds is 0. The van der Waals surface area contributed by atoms with Crippen LogP contribution in [0.1, 0.15) is 46.9 Å². The zero-order chi connectivity index (χ0) is 10.5. The minimum atomic E-state index is 0. The van der Waals surface area contributed by atoms with Crippen LogP contribution in [0.4, 0.5) is 0 Å². The molecule has 0 aliphatic heterocycles. The molecule has 0 nitrogen and oxygen atoms in total. The highest BCUT2D eigenvalue weighted by molar-refractivity contribution is 5.85. The third-order valence-corrected chi connectivity index (χ3v) is 4.24. The summed E-state index contributed by atoms with van der Waals surface area (Å²) in [6.45, 7) is 0. The van der Waals surface area contributed by atoms with Crippen LogP contribution in [-0.2, 0) is 0 Å². The lowest BCUT2D eigenvalue weighted by Crippen LogP contribution is -2.24. The van der Waals surface area contributed by atoms with E-state index in [0.29, 0.717) is 11.8 Å². The van der Waals surface area contributed by atoms with Gasteiger partial charge in [0.25, 0.3) is 0 Å². The Morgan fingerprint density at radius 2 is 0.882 bits per heavy atom. The second-order valence-electron chi connectivity index (χ2n) is 4.94. The van der Waals surface area contributed by atoms with Gasteiger partial charge < -0.3 is 0 Å². The summed E-state index contributed by atoms with van der Waals surface area (Å²) in [6, 6.07) is 18.0. The highest BCUT2D eigenvalue weighted by Gasteiger charge is 2.36. The van der Waals surface area contributed by atoms with E-state index in [1.165, 1.54) is 12.8 Å². The van der Waals surface area contributed by atoms with Gasteiger partial charge >= 0.3 is 0 Å². The van der Waals surface area contributed by atoms with Crippen molar-refractivity contribution in [3.63, 3.8) is 0 Å². The lowest BCUT2D eigenvalue weighted by Gasteiger charge is -2.40. The van der Waals surface area contributed by atoms with Gasteiger partial charge in [-0.2, -0.15) is 0 Å². The molecule has 86 valence electrons. The molecule has 2 bridgehead atoms. The van der Waals surface area contributed by atoms with Gasteiger partial charge in [-0.3, -0.25) is 0 Å². The first kappa shape index (κ1) is 10.9. The molecule has 0 spiro atoms. The van der Waals surface area contributed by atoms with E-state index in [1.807, 2.05) is 0 Å². The van der Waals surface area contributed by atoms with Crippen LogP contribution in [0.5, 0.6) is 0 Å². The van der Waals surface area contributed by atoms with Gasteiger partial charge in [-0.25, -0.2) is 0 Å². The van der Waals surface area contributed by atoms with Gasteiger partial charge in [0, 0.05) is 11.8 Å². The van der Waals surface area contributed by atoms with E-state index in [-0.39, 0.29) is 12.4 Å². The van der Waals surface area contributed by atoms with Crippen LogP contribution >= 0.6 is 12.4 Å². The molecule has 1 heteroatoms. The summed E-state index contributed by atoms with van der Waals surface area (Å²) >= 11 is 0. The maximum atomic E-state index is 2.32. The molecule has 0 unspecified atom stereocenters. The van der Waals surface area contributed by atoms with Gasteiger partial charge in [0.05, 0.1) is 0 Å². The maximum Gasteiger partial charge on any atom is 0.00955 e. The first-order chi connectivity index (χ1) is 7.95. The van der Waals surface area contributed by atoms with E-state index in [1.54, 1.807) is 22.3 Å². The van der Waals surface area contributed by atoms with Crippen molar-refractivity contribution in [2.45, 2.75) is 24.7 Å². The Morgan fingerprint density at radius 3 is 1.18 bits per heavy atom. The van der Waals surface area contributed by atoms with E-state index >= 15 is 0 Å². The van der Waals surface area contributed by atoms with Crippen molar-refractivity contribution in [1.82, 2.24) is 0 Å². The second kappa shape index (κ2) is 3.89. The lowest BCUT2D eigenvalue weighted by molar-refractivity contribution is 0.520. The molecule has 0 saturated heterocycles. The lowest BCUT2D eigenvalue weighted by atomic mass is 9.64. The monoisotopic (exact) mass is 242 g/mol. The van der Waals surface area contributed by atoms with Gasteiger partial charge in [0.1, 0.15) is 0 Å². The summed E-state index contributed by atoms with van der Waals surface area (Å²) in [6.07, 6.45) is 2.66. The SMILES string of the molecule is Cl.c1ccc2c(c1)C1CCC2c2ccccc21. The Hall–Kier alpha value is -1.27. The molecule has 17 heavy (non-hydrogen) atoms. The minimum absolute atomic E-state index is 0. The molecule has 0 fully saturated rings. The first-order valence-corrected chi connectivity index (χ1v) is 6.13. The van der Waals surface area contributed by atoms with Gasteiger partial charge in [-0.1, -0.05) is 48.5 Å². The van der Waals surface area contributed by atoms with Crippen LogP contribution in [0.2, 0.25) is 0 Å². The summed E-state index contributed by atoms with van der Waals surface area (Å²) in [4.78, 5) is 0. The Labute approximate surface area is 108 Å². The molecular weight excluding hydrogens is 228 g/mol. The van der Waals surface area contributed by atoms with Gasteiger partial charge in [0.15, 0.2) is 0 Å². The summed E-state index contributed by atoms with van der Waals surface area (Å²) in [5.74, 6) is 1.33. The van der Waals surface area contributed by atoms with Crippen molar-refractivity contribution in [2.24, 2.45) is 0 Å².